The minimum Gasteiger partial charge on any atom is -0.497 e. The molecule has 0 amide bonds. The van der Waals surface area contributed by atoms with Crippen LogP contribution in [0.3, 0.4) is 0 Å². The fourth-order valence-corrected chi connectivity index (χ4v) is 4.44. The number of hydrogen-bond donors (Lipinski definition) is 1. The maximum atomic E-state index is 14.3. The van der Waals surface area contributed by atoms with Crippen LogP contribution in [0.5, 0.6) is 5.75 Å². The lowest BCUT2D eigenvalue weighted by Gasteiger charge is -2.23. The van der Waals surface area contributed by atoms with Gasteiger partial charge in [-0.25, -0.2) is 18.6 Å². The highest BCUT2D eigenvalue weighted by Gasteiger charge is 2.34. The number of ether oxygens (including phenoxy) is 2. The van der Waals surface area contributed by atoms with E-state index in [4.69, 9.17) is 9.47 Å². The lowest BCUT2D eigenvalue weighted by Crippen LogP contribution is -2.23. The van der Waals surface area contributed by atoms with Gasteiger partial charge >= 0.3 is 12.1 Å². The maximum absolute atomic E-state index is 14.3. The van der Waals surface area contributed by atoms with Crippen molar-refractivity contribution in [3.05, 3.63) is 94.3 Å². The van der Waals surface area contributed by atoms with Gasteiger partial charge in [-0.2, -0.15) is 18.3 Å². The van der Waals surface area contributed by atoms with E-state index in [9.17, 15) is 26.7 Å². The van der Waals surface area contributed by atoms with E-state index in [-0.39, 0.29) is 46.9 Å². The first-order valence-electron chi connectivity index (χ1n) is 11.9. The van der Waals surface area contributed by atoms with Gasteiger partial charge in [-0.3, -0.25) is 5.01 Å². The zero-order valence-electron chi connectivity index (χ0n) is 21.1. The van der Waals surface area contributed by atoms with Crippen molar-refractivity contribution in [2.24, 2.45) is 5.10 Å². The quantitative estimate of drug-likeness (QED) is 0.227. The molecular weight excluding hydrogens is 535 g/mol. The molecule has 0 fully saturated rings. The molecule has 40 heavy (non-hydrogen) atoms. The molecule has 206 valence electrons. The number of nitrogens with one attached hydrogen (secondary N) is 1. The highest BCUT2D eigenvalue weighted by Crippen LogP contribution is 2.40. The zero-order chi connectivity index (χ0) is 28.6. The van der Waals surface area contributed by atoms with Crippen molar-refractivity contribution in [1.82, 2.24) is 15.0 Å². The van der Waals surface area contributed by atoms with Crippen molar-refractivity contribution in [3.8, 4) is 28.3 Å². The Bertz CT molecular complexity index is 1630. The van der Waals surface area contributed by atoms with E-state index < -0.39 is 29.3 Å². The monoisotopic (exact) mass is 556 g/mol. The number of aromatic amines is 1. The molecule has 12 heteroatoms. The molecule has 0 unspecified atom stereocenters. The molecule has 4 aromatic rings. The van der Waals surface area contributed by atoms with Gasteiger partial charge in [0.15, 0.2) is 11.6 Å². The molecule has 0 saturated heterocycles. The molecule has 0 spiro atoms. The van der Waals surface area contributed by atoms with Crippen molar-refractivity contribution in [2.75, 3.05) is 14.2 Å². The number of hydrogen-bond acceptors (Lipinski definition) is 6. The summed E-state index contributed by atoms with van der Waals surface area (Å²) in [7, 11) is 2.45. The number of rotatable bonds is 6. The van der Waals surface area contributed by atoms with Crippen LogP contribution >= 0.6 is 0 Å². The Hall–Kier alpha value is -4.74. The van der Waals surface area contributed by atoms with E-state index in [1.165, 1.54) is 62.9 Å². The largest absolute Gasteiger partial charge is 0.497 e. The number of esters is 1. The normalized spacial score (nSPS) is 12.8. The molecule has 5 rings (SSSR count). The number of hydrazone groups is 1. The number of fused-ring (bicyclic) bond motifs is 1. The fourth-order valence-electron chi connectivity index (χ4n) is 4.44. The van der Waals surface area contributed by atoms with E-state index >= 15 is 0 Å². The van der Waals surface area contributed by atoms with Gasteiger partial charge in [-0.1, -0.05) is 24.3 Å². The molecular formula is C28H21F5N4O3. The van der Waals surface area contributed by atoms with Crippen LogP contribution in [0.4, 0.5) is 22.0 Å². The van der Waals surface area contributed by atoms with Crippen LogP contribution in [0.15, 0.2) is 59.7 Å². The predicted molar refractivity (Wildman–Crippen MR) is 136 cm³/mol. The van der Waals surface area contributed by atoms with Gasteiger partial charge in [0.2, 0.25) is 0 Å². The van der Waals surface area contributed by atoms with Gasteiger partial charge in [0, 0.05) is 0 Å². The van der Waals surface area contributed by atoms with Crippen molar-refractivity contribution in [1.29, 1.82) is 0 Å². The van der Waals surface area contributed by atoms with Crippen molar-refractivity contribution in [3.63, 3.8) is 0 Å². The molecule has 0 radical (unpaired) electrons. The average Bonchev–Trinajstić information content (AvgIpc) is 3.36. The van der Waals surface area contributed by atoms with E-state index in [0.717, 1.165) is 12.1 Å². The van der Waals surface area contributed by atoms with Gasteiger partial charge in [-0.15, -0.1) is 0 Å². The van der Waals surface area contributed by atoms with Crippen LogP contribution in [0, 0.1) is 11.6 Å². The van der Waals surface area contributed by atoms with Crippen LogP contribution in [-0.2, 0) is 24.0 Å². The summed E-state index contributed by atoms with van der Waals surface area (Å²) in [5.41, 5.74) is 0.643. The molecule has 0 atom stereocenters. The van der Waals surface area contributed by atoms with E-state index in [2.05, 4.69) is 15.1 Å². The maximum Gasteiger partial charge on any atom is 0.417 e. The Morgan fingerprint density at radius 1 is 1.05 bits per heavy atom. The summed E-state index contributed by atoms with van der Waals surface area (Å²) in [5.74, 6) is -2.58. The lowest BCUT2D eigenvalue weighted by molar-refractivity contribution is -0.137. The number of methoxy groups -OCH3 is 2. The third-order valence-electron chi connectivity index (χ3n) is 6.41. The number of benzene rings is 3. The van der Waals surface area contributed by atoms with Gasteiger partial charge in [0.1, 0.15) is 17.3 Å². The summed E-state index contributed by atoms with van der Waals surface area (Å²) < 4.78 is 79.3. The summed E-state index contributed by atoms with van der Waals surface area (Å²) >= 11 is 0. The first-order valence-corrected chi connectivity index (χ1v) is 11.9. The van der Waals surface area contributed by atoms with E-state index in [0.29, 0.717) is 17.0 Å². The number of aromatic nitrogens is 2. The molecule has 2 heterocycles. The van der Waals surface area contributed by atoms with Gasteiger partial charge < -0.3 is 14.5 Å². The van der Waals surface area contributed by atoms with Crippen LogP contribution in [-0.4, -0.2) is 41.4 Å². The molecule has 1 aliphatic rings. The van der Waals surface area contributed by atoms with Gasteiger partial charge in [0.25, 0.3) is 0 Å². The first-order chi connectivity index (χ1) is 19.1. The summed E-state index contributed by atoms with van der Waals surface area (Å²) in [4.78, 5) is 19.9. The highest BCUT2D eigenvalue weighted by atomic mass is 19.4. The number of alkyl halides is 3. The van der Waals surface area contributed by atoms with Crippen LogP contribution in [0.2, 0.25) is 0 Å². The SMILES string of the molecule is COC(=O)c1cc(-c2ccc(OC)cc2C(F)(F)F)ccc1CN1Cc2[nH]c(-c3cccc(F)c3F)nc2C=N1. The van der Waals surface area contributed by atoms with Crippen molar-refractivity contribution >= 4 is 12.2 Å². The second-order valence-electron chi connectivity index (χ2n) is 8.89. The Balaban J connectivity index is 1.44. The lowest BCUT2D eigenvalue weighted by atomic mass is 9.95. The molecule has 1 aromatic heterocycles. The van der Waals surface area contributed by atoms with Crippen molar-refractivity contribution in [2.45, 2.75) is 19.3 Å². The summed E-state index contributed by atoms with van der Waals surface area (Å²) in [6, 6.07) is 11.7. The zero-order valence-corrected chi connectivity index (χ0v) is 21.1. The highest BCUT2D eigenvalue weighted by molar-refractivity contribution is 5.93. The van der Waals surface area contributed by atoms with Crippen LogP contribution in [0.25, 0.3) is 22.5 Å². The average molecular weight is 556 g/mol. The van der Waals surface area contributed by atoms with Gasteiger partial charge in [-0.05, 0) is 47.0 Å². The third kappa shape index (κ3) is 5.12. The Morgan fingerprint density at radius 2 is 1.85 bits per heavy atom. The fraction of sp³-hybridized carbons (Fsp3) is 0.179. The van der Waals surface area contributed by atoms with Crippen LogP contribution in [0.1, 0.15) is 32.9 Å². The second kappa shape index (κ2) is 10.4. The number of carbonyl (C=O) groups excluding carboxylic acids is 1. The summed E-state index contributed by atoms with van der Waals surface area (Å²) in [6.07, 6.45) is -3.22. The van der Waals surface area contributed by atoms with Crippen LogP contribution < -0.4 is 4.74 Å². The van der Waals surface area contributed by atoms with Crippen molar-refractivity contribution < 1.29 is 36.2 Å². The Morgan fingerprint density at radius 3 is 2.58 bits per heavy atom. The first kappa shape index (κ1) is 26.9. The standard InChI is InChI=1S/C28H21F5N4O3/c1-39-17-8-9-18(21(11-17)28(31,32)33)15-6-7-16(20(10-15)27(38)40-2)13-37-14-24-23(12-34-37)35-26(36-24)19-4-3-5-22(29)25(19)30/h3-12H,13-14H2,1-2H3,(H,35,36). The predicted octanol–water partition coefficient (Wildman–Crippen LogP) is 6.19. The summed E-state index contributed by atoms with van der Waals surface area (Å²) in [5, 5.41) is 5.91. The number of H-pyrrole nitrogens is 1. The number of nitrogens with zero attached hydrogens (tertiary/aromatic N) is 3. The minimum atomic E-state index is -4.66. The Labute approximate surface area is 224 Å². The Kier molecular flexibility index (Phi) is 7.01. The van der Waals surface area contributed by atoms with E-state index in [1.807, 2.05) is 0 Å². The molecule has 0 saturated carbocycles. The van der Waals surface area contributed by atoms with Gasteiger partial charge in [0.05, 0.1) is 55.9 Å². The molecule has 1 N–H and O–H groups in total. The molecule has 0 bridgehead atoms. The number of imidazole rings is 1. The second-order valence-corrected chi connectivity index (χ2v) is 8.89. The minimum absolute atomic E-state index is 0.0327. The topological polar surface area (TPSA) is 79.8 Å². The number of halogens is 5. The molecule has 1 aliphatic heterocycles. The number of carbonyl (C=O) groups is 1. The smallest absolute Gasteiger partial charge is 0.417 e. The molecule has 7 nitrogen and oxygen atoms in total. The molecule has 0 aliphatic carbocycles. The molecule has 3 aromatic carbocycles. The van der Waals surface area contributed by atoms with E-state index in [1.54, 1.807) is 5.01 Å². The summed E-state index contributed by atoms with van der Waals surface area (Å²) in [6.45, 7) is 0.285. The third-order valence-corrected chi connectivity index (χ3v) is 6.41.